The average molecular weight is 250 g/mol. The van der Waals surface area contributed by atoms with Crippen molar-refractivity contribution in [1.82, 2.24) is 10.2 Å². The van der Waals surface area contributed by atoms with E-state index >= 15 is 0 Å². The molecule has 2 heteroatoms. The molecular formula is C16H30N2. The van der Waals surface area contributed by atoms with E-state index < -0.39 is 0 Å². The van der Waals surface area contributed by atoms with E-state index in [2.05, 4.69) is 10.2 Å². The molecule has 0 aromatic rings. The summed E-state index contributed by atoms with van der Waals surface area (Å²) in [6.45, 7) is 5.24. The van der Waals surface area contributed by atoms with E-state index in [0.717, 1.165) is 11.5 Å². The number of likely N-dealkylation sites (tertiary alicyclic amines) is 1. The highest BCUT2D eigenvalue weighted by molar-refractivity contribution is 4.89. The molecule has 0 aromatic heterocycles. The number of hydrogen-bond acceptors (Lipinski definition) is 2. The topological polar surface area (TPSA) is 15.3 Å². The molecule has 0 atom stereocenters. The van der Waals surface area contributed by atoms with E-state index in [1.807, 2.05) is 0 Å². The van der Waals surface area contributed by atoms with Gasteiger partial charge in [-0.15, -0.1) is 0 Å². The van der Waals surface area contributed by atoms with Crippen molar-refractivity contribution in [2.75, 3.05) is 26.2 Å². The van der Waals surface area contributed by atoms with Crippen LogP contribution in [-0.2, 0) is 0 Å². The lowest BCUT2D eigenvalue weighted by molar-refractivity contribution is 0.108. The molecule has 2 aliphatic carbocycles. The molecule has 3 rings (SSSR count). The first-order valence-corrected chi connectivity index (χ1v) is 8.32. The quantitative estimate of drug-likeness (QED) is 0.824. The normalized spacial score (nSPS) is 29.3. The molecule has 0 amide bonds. The minimum Gasteiger partial charge on any atom is -0.313 e. The standard InChI is InChI=1S/C16H30N2/c1-2-6-15(5-1)17-11-14-18-12-9-16(10-13-18)7-3-4-8-16/h15,17H,1-14H2. The van der Waals surface area contributed by atoms with Gasteiger partial charge in [-0.3, -0.25) is 0 Å². The number of rotatable bonds is 4. The third-order valence-corrected chi connectivity index (χ3v) is 5.80. The van der Waals surface area contributed by atoms with Crippen LogP contribution in [0.5, 0.6) is 0 Å². The summed E-state index contributed by atoms with van der Waals surface area (Å²) >= 11 is 0. The van der Waals surface area contributed by atoms with Gasteiger partial charge in [0.15, 0.2) is 0 Å². The van der Waals surface area contributed by atoms with Crippen LogP contribution in [0.15, 0.2) is 0 Å². The van der Waals surface area contributed by atoms with Crippen LogP contribution < -0.4 is 5.32 Å². The summed E-state index contributed by atoms with van der Waals surface area (Å²) < 4.78 is 0. The molecule has 2 saturated carbocycles. The van der Waals surface area contributed by atoms with E-state index in [1.165, 1.54) is 90.4 Å². The molecule has 2 nitrogen and oxygen atoms in total. The van der Waals surface area contributed by atoms with Crippen LogP contribution in [0.1, 0.15) is 64.2 Å². The summed E-state index contributed by atoms with van der Waals surface area (Å²) in [6, 6.07) is 0.843. The molecule has 1 N–H and O–H groups in total. The summed E-state index contributed by atoms with van der Waals surface area (Å²) in [5.74, 6) is 0. The van der Waals surface area contributed by atoms with Crippen molar-refractivity contribution in [2.24, 2.45) is 5.41 Å². The Balaban J connectivity index is 1.32. The van der Waals surface area contributed by atoms with Gasteiger partial charge in [0.2, 0.25) is 0 Å². The van der Waals surface area contributed by atoms with E-state index in [4.69, 9.17) is 0 Å². The van der Waals surface area contributed by atoms with Gasteiger partial charge in [-0.25, -0.2) is 0 Å². The minimum atomic E-state index is 0.787. The molecule has 18 heavy (non-hydrogen) atoms. The maximum absolute atomic E-state index is 3.75. The maximum Gasteiger partial charge on any atom is 0.0107 e. The van der Waals surface area contributed by atoms with E-state index in [1.54, 1.807) is 0 Å². The highest BCUT2D eigenvalue weighted by Crippen LogP contribution is 2.45. The lowest BCUT2D eigenvalue weighted by Crippen LogP contribution is -2.42. The Labute approximate surface area is 113 Å². The Morgan fingerprint density at radius 1 is 0.889 bits per heavy atom. The Bertz CT molecular complexity index is 242. The molecule has 0 unspecified atom stereocenters. The first kappa shape index (κ1) is 12.9. The fraction of sp³-hybridized carbons (Fsp3) is 1.00. The maximum atomic E-state index is 3.75. The van der Waals surface area contributed by atoms with Crippen molar-refractivity contribution in [1.29, 1.82) is 0 Å². The van der Waals surface area contributed by atoms with Crippen LogP contribution in [0.2, 0.25) is 0 Å². The zero-order valence-electron chi connectivity index (χ0n) is 11.9. The first-order chi connectivity index (χ1) is 8.86. The van der Waals surface area contributed by atoms with Crippen LogP contribution >= 0.6 is 0 Å². The van der Waals surface area contributed by atoms with Crippen LogP contribution in [-0.4, -0.2) is 37.1 Å². The van der Waals surface area contributed by atoms with Crippen molar-refractivity contribution in [3.63, 3.8) is 0 Å². The van der Waals surface area contributed by atoms with Crippen molar-refractivity contribution in [3.05, 3.63) is 0 Å². The molecular weight excluding hydrogens is 220 g/mol. The van der Waals surface area contributed by atoms with E-state index in [9.17, 15) is 0 Å². The predicted octanol–water partition coefficient (Wildman–Crippen LogP) is 3.17. The zero-order valence-corrected chi connectivity index (χ0v) is 11.9. The van der Waals surface area contributed by atoms with Gasteiger partial charge in [-0.1, -0.05) is 25.7 Å². The van der Waals surface area contributed by atoms with Crippen molar-refractivity contribution >= 4 is 0 Å². The van der Waals surface area contributed by atoms with Gasteiger partial charge < -0.3 is 10.2 Å². The average Bonchev–Trinajstić information content (AvgIpc) is 3.04. The molecule has 1 spiro atoms. The van der Waals surface area contributed by atoms with Gasteiger partial charge in [-0.05, 0) is 57.0 Å². The van der Waals surface area contributed by atoms with Crippen molar-refractivity contribution in [3.8, 4) is 0 Å². The van der Waals surface area contributed by atoms with Gasteiger partial charge in [0.05, 0.1) is 0 Å². The monoisotopic (exact) mass is 250 g/mol. The largest absolute Gasteiger partial charge is 0.313 e. The molecule has 0 radical (unpaired) electrons. The van der Waals surface area contributed by atoms with Gasteiger partial charge in [0.1, 0.15) is 0 Å². The molecule has 0 aromatic carbocycles. The minimum absolute atomic E-state index is 0.787. The second-order valence-corrected chi connectivity index (χ2v) is 6.98. The van der Waals surface area contributed by atoms with Gasteiger partial charge >= 0.3 is 0 Å². The van der Waals surface area contributed by atoms with Gasteiger partial charge in [0, 0.05) is 19.1 Å². The summed E-state index contributed by atoms with van der Waals surface area (Å²) in [7, 11) is 0. The first-order valence-electron chi connectivity index (χ1n) is 8.32. The molecule has 1 aliphatic heterocycles. The lowest BCUT2D eigenvalue weighted by Gasteiger charge is -2.39. The molecule has 104 valence electrons. The highest BCUT2D eigenvalue weighted by Gasteiger charge is 2.36. The second-order valence-electron chi connectivity index (χ2n) is 6.98. The van der Waals surface area contributed by atoms with Crippen LogP contribution in [0.3, 0.4) is 0 Å². The SMILES string of the molecule is C1CCC(NCCN2CCC3(CCCC3)CC2)C1. The number of nitrogens with zero attached hydrogens (tertiary/aromatic N) is 1. The predicted molar refractivity (Wildman–Crippen MR) is 76.8 cm³/mol. The van der Waals surface area contributed by atoms with Crippen LogP contribution in [0.25, 0.3) is 0 Å². The zero-order chi connectivity index (χ0) is 12.3. The number of piperidine rings is 1. The lowest BCUT2D eigenvalue weighted by atomic mass is 9.77. The highest BCUT2D eigenvalue weighted by atomic mass is 15.1. The molecule has 0 bridgehead atoms. The number of hydrogen-bond donors (Lipinski definition) is 1. The third kappa shape index (κ3) is 3.08. The second kappa shape index (κ2) is 5.92. The van der Waals surface area contributed by atoms with E-state index in [-0.39, 0.29) is 0 Å². The molecule has 3 aliphatic rings. The van der Waals surface area contributed by atoms with Gasteiger partial charge in [0.25, 0.3) is 0 Å². The number of nitrogens with one attached hydrogen (secondary N) is 1. The Kier molecular flexibility index (Phi) is 4.25. The van der Waals surface area contributed by atoms with E-state index in [0.29, 0.717) is 0 Å². The summed E-state index contributed by atoms with van der Waals surface area (Å²) in [5.41, 5.74) is 0.787. The molecule has 1 heterocycles. The summed E-state index contributed by atoms with van der Waals surface area (Å²) in [4.78, 5) is 2.70. The van der Waals surface area contributed by atoms with Gasteiger partial charge in [-0.2, -0.15) is 0 Å². The Morgan fingerprint density at radius 2 is 1.56 bits per heavy atom. The fourth-order valence-corrected chi connectivity index (χ4v) is 4.43. The van der Waals surface area contributed by atoms with Crippen molar-refractivity contribution < 1.29 is 0 Å². The summed E-state index contributed by atoms with van der Waals surface area (Å²) in [5, 5.41) is 3.75. The molecule has 3 fully saturated rings. The summed E-state index contributed by atoms with van der Waals surface area (Å²) in [6.07, 6.45) is 14.8. The van der Waals surface area contributed by atoms with Crippen LogP contribution in [0, 0.1) is 5.41 Å². The molecule has 1 saturated heterocycles. The van der Waals surface area contributed by atoms with Crippen molar-refractivity contribution in [2.45, 2.75) is 70.3 Å². The Hall–Kier alpha value is -0.0800. The Morgan fingerprint density at radius 3 is 2.22 bits per heavy atom. The smallest absolute Gasteiger partial charge is 0.0107 e. The fourth-order valence-electron chi connectivity index (χ4n) is 4.43. The van der Waals surface area contributed by atoms with Crippen LogP contribution in [0.4, 0.5) is 0 Å². The third-order valence-electron chi connectivity index (χ3n) is 5.80.